The summed E-state index contributed by atoms with van der Waals surface area (Å²) in [6, 6.07) is 16.8. The minimum Gasteiger partial charge on any atom is -0.336 e. The molecule has 0 saturated carbocycles. The van der Waals surface area contributed by atoms with E-state index >= 15 is 0 Å². The number of para-hydroxylation sites is 1. The van der Waals surface area contributed by atoms with Crippen molar-refractivity contribution < 1.29 is 4.79 Å². The number of aromatic nitrogens is 3. The molecule has 0 spiro atoms. The smallest absolute Gasteiger partial charge is 0.336 e. The summed E-state index contributed by atoms with van der Waals surface area (Å²) in [5.74, 6) is -0.238. The molecule has 2 heterocycles. The molecule has 7 nitrogen and oxygen atoms in total. The maximum absolute atomic E-state index is 12.6. The van der Waals surface area contributed by atoms with Crippen LogP contribution in [-0.2, 0) is 24.3 Å². The number of carbonyl (C=O) groups is 1. The van der Waals surface area contributed by atoms with Gasteiger partial charge in [-0.3, -0.25) is 4.79 Å². The van der Waals surface area contributed by atoms with Crippen LogP contribution < -0.4 is 11.4 Å². The fourth-order valence-corrected chi connectivity index (χ4v) is 3.25. The first-order chi connectivity index (χ1) is 12.6. The number of H-pyrrole nitrogens is 1. The third kappa shape index (κ3) is 2.88. The lowest BCUT2D eigenvalue weighted by Gasteiger charge is -2.28. The molecular weight excluding hydrogens is 332 g/mol. The van der Waals surface area contributed by atoms with Crippen LogP contribution in [0.25, 0.3) is 5.69 Å². The average molecular weight is 350 g/mol. The summed E-state index contributed by atoms with van der Waals surface area (Å²) in [4.78, 5) is 39.0. The van der Waals surface area contributed by atoms with Gasteiger partial charge in [-0.15, -0.1) is 0 Å². The van der Waals surface area contributed by atoms with Crippen molar-refractivity contribution in [1.82, 2.24) is 19.2 Å². The van der Waals surface area contributed by atoms with Crippen molar-refractivity contribution in [2.45, 2.75) is 19.5 Å². The molecule has 2 aromatic carbocycles. The summed E-state index contributed by atoms with van der Waals surface area (Å²) >= 11 is 0. The van der Waals surface area contributed by atoms with Crippen LogP contribution in [0, 0.1) is 0 Å². The van der Waals surface area contributed by atoms with Gasteiger partial charge < -0.3 is 4.90 Å². The van der Waals surface area contributed by atoms with Crippen molar-refractivity contribution >= 4 is 5.91 Å². The number of aromatic amines is 1. The molecule has 1 aliphatic rings. The van der Waals surface area contributed by atoms with Gasteiger partial charge in [-0.2, -0.15) is 0 Å². The molecule has 0 aliphatic carbocycles. The molecule has 0 unspecified atom stereocenters. The number of carbonyl (C=O) groups excluding carboxylic acids is 1. The quantitative estimate of drug-likeness (QED) is 0.763. The highest BCUT2D eigenvalue weighted by atomic mass is 16.2. The summed E-state index contributed by atoms with van der Waals surface area (Å²) < 4.78 is 2.09. The van der Waals surface area contributed by atoms with Crippen molar-refractivity contribution in [2.75, 3.05) is 6.54 Å². The van der Waals surface area contributed by atoms with E-state index in [1.165, 1.54) is 5.56 Å². The number of amides is 1. The monoisotopic (exact) mass is 350 g/mol. The summed E-state index contributed by atoms with van der Waals surface area (Å²) in [5, 5.41) is 2.49. The molecule has 26 heavy (non-hydrogen) atoms. The van der Waals surface area contributed by atoms with Gasteiger partial charge in [0, 0.05) is 13.1 Å². The Labute approximate surface area is 149 Å². The standard InChI is InChI=1S/C19H18N4O3/c24-17(21-11-10-14-6-4-5-7-15(14)12-21)13-22-18(25)20-23(19(22)26)16-8-2-1-3-9-16/h1-9H,10-13H2,(H,20,25). The number of benzene rings is 2. The number of rotatable bonds is 3. The van der Waals surface area contributed by atoms with E-state index in [0.717, 1.165) is 21.2 Å². The van der Waals surface area contributed by atoms with Crippen LogP contribution in [0.3, 0.4) is 0 Å². The number of nitrogens with zero attached hydrogens (tertiary/aromatic N) is 3. The van der Waals surface area contributed by atoms with E-state index < -0.39 is 11.4 Å². The first kappa shape index (κ1) is 16.1. The molecule has 1 aromatic heterocycles. The molecule has 132 valence electrons. The first-order valence-corrected chi connectivity index (χ1v) is 8.45. The second kappa shape index (κ2) is 6.51. The summed E-state index contributed by atoms with van der Waals surface area (Å²) in [7, 11) is 0. The molecule has 0 bridgehead atoms. The van der Waals surface area contributed by atoms with E-state index in [9.17, 15) is 14.4 Å². The zero-order chi connectivity index (χ0) is 18.1. The van der Waals surface area contributed by atoms with Crippen LogP contribution in [0.1, 0.15) is 11.1 Å². The largest absolute Gasteiger partial charge is 0.352 e. The van der Waals surface area contributed by atoms with Crippen molar-refractivity contribution in [1.29, 1.82) is 0 Å². The highest BCUT2D eigenvalue weighted by molar-refractivity contribution is 5.76. The Morgan fingerprint density at radius 2 is 1.65 bits per heavy atom. The van der Waals surface area contributed by atoms with Gasteiger partial charge in [0.25, 0.3) is 0 Å². The van der Waals surface area contributed by atoms with Crippen LogP contribution in [-0.4, -0.2) is 31.7 Å². The molecule has 0 saturated heterocycles. The zero-order valence-corrected chi connectivity index (χ0v) is 14.1. The van der Waals surface area contributed by atoms with Crippen LogP contribution in [0.5, 0.6) is 0 Å². The molecule has 3 aromatic rings. The van der Waals surface area contributed by atoms with E-state index in [1.54, 1.807) is 29.2 Å². The Kier molecular flexibility index (Phi) is 4.04. The highest BCUT2D eigenvalue weighted by Gasteiger charge is 2.22. The van der Waals surface area contributed by atoms with E-state index in [0.29, 0.717) is 18.8 Å². The number of nitrogens with one attached hydrogen (secondary N) is 1. The fraction of sp³-hybridized carbons (Fsp3) is 0.211. The van der Waals surface area contributed by atoms with E-state index in [4.69, 9.17) is 0 Å². The van der Waals surface area contributed by atoms with Gasteiger partial charge in [0.1, 0.15) is 6.54 Å². The van der Waals surface area contributed by atoms with Gasteiger partial charge >= 0.3 is 11.4 Å². The molecule has 7 heteroatoms. The SMILES string of the molecule is O=C(Cn1c(=O)[nH]n(-c2ccccc2)c1=O)N1CCc2ccccc2C1. The number of hydrogen-bond acceptors (Lipinski definition) is 3. The van der Waals surface area contributed by atoms with Crippen LogP contribution in [0.2, 0.25) is 0 Å². The minimum atomic E-state index is -0.593. The molecule has 0 radical (unpaired) electrons. The van der Waals surface area contributed by atoms with Crippen molar-refractivity contribution in [2.24, 2.45) is 0 Å². The average Bonchev–Trinajstić information content (AvgIpc) is 2.96. The zero-order valence-electron chi connectivity index (χ0n) is 14.1. The van der Waals surface area contributed by atoms with Crippen LogP contribution >= 0.6 is 0 Å². The van der Waals surface area contributed by atoms with Crippen LogP contribution in [0.15, 0.2) is 64.2 Å². The Morgan fingerprint density at radius 1 is 0.962 bits per heavy atom. The van der Waals surface area contributed by atoms with E-state index in [1.807, 2.05) is 24.3 Å². The summed E-state index contributed by atoms with van der Waals surface area (Å²) in [6.07, 6.45) is 0.776. The Hall–Kier alpha value is -3.35. The lowest BCUT2D eigenvalue weighted by Crippen LogP contribution is -2.41. The first-order valence-electron chi connectivity index (χ1n) is 8.45. The minimum absolute atomic E-state index is 0.238. The van der Waals surface area contributed by atoms with Gasteiger partial charge in [-0.1, -0.05) is 42.5 Å². The molecular formula is C19H18N4O3. The molecule has 1 aliphatic heterocycles. The van der Waals surface area contributed by atoms with E-state index in [-0.39, 0.29) is 12.5 Å². The molecule has 1 amide bonds. The third-order valence-corrected chi connectivity index (χ3v) is 4.67. The fourth-order valence-electron chi connectivity index (χ4n) is 3.25. The molecule has 4 rings (SSSR count). The predicted octanol–water partition coefficient (Wildman–Crippen LogP) is 0.912. The molecule has 0 atom stereocenters. The summed E-state index contributed by atoms with van der Waals surface area (Å²) in [6.45, 7) is 0.819. The Balaban J connectivity index is 1.57. The lowest BCUT2D eigenvalue weighted by atomic mass is 10.00. The van der Waals surface area contributed by atoms with Crippen molar-refractivity contribution in [3.05, 3.63) is 86.7 Å². The molecule has 1 N–H and O–H groups in total. The normalized spacial score (nSPS) is 13.5. The number of fused-ring (bicyclic) bond motifs is 1. The van der Waals surface area contributed by atoms with E-state index in [2.05, 4.69) is 11.2 Å². The third-order valence-electron chi connectivity index (χ3n) is 4.67. The maximum atomic E-state index is 12.6. The van der Waals surface area contributed by atoms with Crippen molar-refractivity contribution in [3.63, 3.8) is 0 Å². The second-order valence-corrected chi connectivity index (χ2v) is 6.29. The second-order valence-electron chi connectivity index (χ2n) is 6.29. The van der Waals surface area contributed by atoms with Gasteiger partial charge in [-0.25, -0.2) is 23.9 Å². The topological polar surface area (TPSA) is 80.1 Å². The Morgan fingerprint density at radius 3 is 2.42 bits per heavy atom. The maximum Gasteiger partial charge on any atom is 0.352 e. The van der Waals surface area contributed by atoms with Crippen molar-refractivity contribution in [3.8, 4) is 5.69 Å². The Bertz CT molecular complexity index is 1060. The van der Waals surface area contributed by atoms with Crippen LogP contribution in [0.4, 0.5) is 0 Å². The van der Waals surface area contributed by atoms with Gasteiger partial charge in [0.05, 0.1) is 5.69 Å². The number of hydrogen-bond donors (Lipinski definition) is 1. The highest BCUT2D eigenvalue weighted by Crippen LogP contribution is 2.18. The van der Waals surface area contributed by atoms with Gasteiger partial charge in [-0.05, 0) is 29.7 Å². The predicted molar refractivity (Wildman–Crippen MR) is 96.2 cm³/mol. The van der Waals surface area contributed by atoms with Gasteiger partial charge in [0.15, 0.2) is 0 Å². The lowest BCUT2D eigenvalue weighted by molar-refractivity contribution is -0.132. The van der Waals surface area contributed by atoms with Gasteiger partial charge in [0.2, 0.25) is 5.91 Å². The summed E-state index contributed by atoms with van der Waals surface area (Å²) in [5.41, 5.74) is 1.75. The molecule has 0 fully saturated rings.